The molecule has 0 spiro atoms. The van der Waals surface area contributed by atoms with Crippen molar-refractivity contribution >= 4 is 5.78 Å². The SMILES string of the molecule is C=C(C)[C@@H]1CC(=O)[C@]2(C)CC=C(C)CC/C=C(\C)CC[C@@H]12. The minimum atomic E-state index is -0.185. The van der Waals surface area contributed by atoms with Crippen LogP contribution in [0.3, 0.4) is 0 Å². The van der Waals surface area contributed by atoms with E-state index in [0.29, 0.717) is 24.0 Å². The third-order valence-electron chi connectivity index (χ3n) is 5.74. The molecule has 0 N–H and O–H groups in total. The Kier molecular flexibility index (Phi) is 4.91. The lowest BCUT2D eigenvalue weighted by Crippen LogP contribution is -2.30. The molecule has 1 nitrogen and oxygen atoms in total. The lowest BCUT2D eigenvalue weighted by molar-refractivity contribution is -0.126. The molecule has 0 unspecified atom stereocenters. The maximum Gasteiger partial charge on any atom is 0.139 e. The lowest BCUT2D eigenvalue weighted by Gasteiger charge is -2.32. The number of carbonyl (C=O) groups excluding carboxylic acids is 1. The summed E-state index contributed by atoms with van der Waals surface area (Å²) >= 11 is 0. The van der Waals surface area contributed by atoms with Crippen LogP contribution in [-0.2, 0) is 4.79 Å². The predicted octanol–water partition coefficient (Wildman–Crippen LogP) is 5.63. The standard InChI is InChI=1S/C20H30O/c1-14(2)17-13-19(21)20(5)12-11-16(4)8-6-7-15(3)9-10-18(17)20/h7,11,17-18H,1,6,8-10,12-13H2,2-5H3/b15-7+,16-11?/t17-,18-,20+/m0/s1. The Labute approximate surface area is 130 Å². The molecule has 116 valence electrons. The van der Waals surface area contributed by atoms with Gasteiger partial charge in [0.05, 0.1) is 0 Å². The van der Waals surface area contributed by atoms with Crippen molar-refractivity contribution in [3.05, 3.63) is 35.5 Å². The lowest BCUT2D eigenvalue weighted by atomic mass is 9.70. The maximum absolute atomic E-state index is 12.7. The minimum Gasteiger partial charge on any atom is -0.299 e. The van der Waals surface area contributed by atoms with Crippen LogP contribution < -0.4 is 0 Å². The van der Waals surface area contributed by atoms with Crippen molar-refractivity contribution < 1.29 is 4.79 Å². The number of ketones is 1. The molecule has 2 aliphatic carbocycles. The monoisotopic (exact) mass is 286 g/mol. The Morgan fingerprint density at radius 3 is 2.57 bits per heavy atom. The molecule has 3 atom stereocenters. The summed E-state index contributed by atoms with van der Waals surface area (Å²) in [7, 11) is 0. The normalized spacial score (nSPS) is 37.0. The smallest absolute Gasteiger partial charge is 0.139 e. The summed E-state index contributed by atoms with van der Waals surface area (Å²) in [5, 5.41) is 0. The van der Waals surface area contributed by atoms with Crippen LogP contribution in [0.25, 0.3) is 0 Å². The first-order valence-electron chi connectivity index (χ1n) is 8.34. The van der Waals surface area contributed by atoms with Crippen molar-refractivity contribution in [2.75, 3.05) is 0 Å². The van der Waals surface area contributed by atoms with Crippen molar-refractivity contribution in [1.29, 1.82) is 0 Å². The summed E-state index contributed by atoms with van der Waals surface area (Å²) in [5.41, 5.74) is 3.91. The van der Waals surface area contributed by atoms with Gasteiger partial charge in [-0.05, 0) is 64.7 Å². The third-order valence-corrected chi connectivity index (χ3v) is 5.74. The number of carbonyl (C=O) groups is 1. The molecule has 0 amide bonds. The van der Waals surface area contributed by atoms with E-state index in [2.05, 4.69) is 46.4 Å². The molecule has 0 radical (unpaired) electrons. The van der Waals surface area contributed by atoms with Gasteiger partial charge in [-0.3, -0.25) is 4.79 Å². The number of allylic oxidation sites excluding steroid dienone is 5. The van der Waals surface area contributed by atoms with Crippen LogP contribution in [0.1, 0.15) is 66.2 Å². The molecule has 1 saturated carbocycles. The van der Waals surface area contributed by atoms with Gasteiger partial charge in [0.2, 0.25) is 0 Å². The largest absolute Gasteiger partial charge is 0.299 e. The van der Waals surface area contributed by atoms with Crippen LogP contribution in [0.15, 0.2) is 35.5 Å². The van der Waals surface area contributed by atoms with Crippen LogP contribution in [0.4, 0.5) is 0 Å². The van der Waals surface area contributed by atoms with E-state index in [0.717, 1.165) is 32.1 Å². The molecule has 21 heavy (non-hydrogen) atoms. The molecule has 0 aromatic rings. The predicted molar refractivity (Wildman–Crippen MR) is 90.1 cm³/mol. The van der Waals surface area contributed by atoms with Gasteiger partial charge in [-0.1, -0.05) is 42.4 Å². The molecule has 0 aromatic carbocycles. The van der Waals surface area contributed by atoms with Crippen molar-refractivity contribution in [3.8, 4) is 0 Å². The quantitative estimate of drug-likeness (QED) is 0.571. The highest BCUT2D eigenvalue weighted by atomic mass is 16.1. The molecule has 2 aliphatic rings. The molecule has 0 saturated heterocycles. The van der Waals surface area contributed by atoms with Gasteiger partial charge in [0.15, 0.2) is 0 Å². The van der Waals surface area contributed by atoms with E-state index in [-0.39, 0.29) is 5.41 Å². The molecule has 0 heterocycles. The molecule has 2 rings (SSSR count). The van der Waals surface area contributed by atoms with Gasteiger partial charge in [-0.25, -0.2) is 0 Å². The molecule has 1 heteroatoms. The van der Waals surface area contributed by atoms with Crippen LogP contribution in [-0.4, -0.2) is 5.78 Å². The van der Waals surface area contributed by atoms with Crippen LogP contribution in [0, 0.1) is 17.3 Å². The van der Waals surface area contributed by atoms with Crippen LogP contribution >= 0.6 is 0 Å². The summed E-state index contributed by atoms with van der Waals surface area (Å²) in [6.07, 6.45) is 10.8. The molecule has 0 aliphatic heterocycles. The fourth-order valence-corrected chi connectivity index (χ4v) is 4.05. The summed E-state index contributed by atoms with van der Waals surface area (Å²) < 4.78 is 0. The van der Waals surface area contributed by atoms with E-state index in [1.807, 2.05) is 0 Å². The zero-order valence-corrected chi connectivity index (χ0v) is 14.2. The fraction of sp³-hybridized carbons (Fsp3) is 0.650. The average Bonchev–Trinajstić information content (AvgIpc) is 2.65. The van der Waals surface area contributed by atoms with E-state index >= 15 is 0 Å². The zero-order valence-electron chi connectivity index (χ0n) is 14.2. The topological polar surface area (TPSA) is 17.1 Å². The van der Waals surface area contributed by atoms with E-state index < -0.39 is 0 Å². The highest BCUT2D eigenvalue weighted by Crippen LogP contribution is 2.51. The summed E-state index contributed by atoms with van der Waals surface area (Å²) in [6.45, 7) is 12.9. The number of rotatable bonds is 1. The highest BCUT2D eigenvalue weighted by Gasteiger charge is 2.50. The van der Waals surface area contributed by atoms with E-state index in [1.165, 1.54) is 16.7 Å². The Hall–Kier alpha value is -1.11. The first-order chi connectivity index (χ1) is 9.84. The molecule has 1 fully saturated rings. The van der Waals surface area contributed by atoms with Gasteiger partial charge >= 0.3 is 0 Å². The average molecular weight is 286 g/mol. The maximum atomic E-state index is 12.7. The van der Waals surface area contributed by atoms with Gasteiger partial charge in [-0.15, -0.1) is 0 Å². The number of Topliss-reactive ketones (excluding diaryl/α,β-unsaturated/α-hetero) is 1. The Morgan fingerprint density at radius 2 is 1.90 bits per heavy atom. The summed E-state index contributed by atoms with van der Waals surface area (Å²) in [5.74, 6) is 1.28. The second-order valence-corrected chi connectivity index (χ2v) is 7.49. The van der Waals surface area contributed by atoms with Crippen molar-refractivity contribution in [2.45, 2.75) is 66.2 Å². The summed E-state index contributed by atoms with van der Waals surface area (Å²) in [4.78, 5) is 12.7. The van der Waals surface area contributed by atoms with Gasteiger partial charge in [0.25, 0.3) is 0 Å². The van der Waals surface area contributed by atoms with Gasteiger partial charge in [-0.2, -0.15) is 0 Å². The third kappa shape index (κ3) is 3.39. The van der Waals surface area contributed by atoms with E-state index in [9.17, 15) is 4.79 Å². The summed E-state index contributed by atoms with van der Waals surface area (Å²) in [6, 6.07) is 0. The molecule has 0 aromatic heterocycles. The van der Waals surface area contributed by atoms with Gasteiger partial charge in [0.1, 0.15) is 5.78 Å². The van der Waals surface area contributed by atoms with Gasteiger partial charge < -0.3 is 0 Å². The van der Waals surface area contributed by atoms with E-state index in [1.54, 1.807) is 0 Å². The fourth-order valence-electron chi connectivity index (χ4n) is 4.05. The Bertz CT molecular complexity index is 494. The van der Waals surface area contributed by atoms with Crippen LogP contribution in [0.5, 0.6) is 0 Å². The Morgan fingerprint density at radius 1 is 1.24 bits per heavy atom. The minimum absolute atomic E-state index is 0.185. The zero-order chi connectivity index (χ0) is 15.6. The van der Waals surface area contributed by atoms with E-state index in [4.69, 9.17) is 0 Å². The van der Waals surface area contributed by atoms with Crippen molar-refractivity contribution in [1.82, 2.24) is 0 Å². The number of hydrogen-bond donors (Lipinski definition) is 0. The number of fused-ring (bicyclic) bond motifs is 1. The van der Waals surface area contributed by atoms with Crippen LogP contribution in [0.2, 0.25) is 0 Å². The van der Waals surface area contributed by atoms with Crippen molar-refractivity contribution in [2.24, 2.45) is 17.3 Å². The second-order valence-electron chi connectivity index (χ2n) is 7.49. The number of hydrogen-bond acceptors (Lipinski definition) is 1. The first kappa shape index (κ1) is 16.3. The highest BCUT2D eigenvalue weighted by molar-refractivity contribution is 5.88. The molecular formula is C20H30O. The second kappa shape index (κ2) is 6.34. The first-order valence-corrected chi connectivity index (χ1v) is 8.34. The molecule has 0 bridgehead atoms. The Balaban J connectivity index is 2.36. The van der Waals surface area contributed by atoms with Crippen molar-refractivity contribution in [3.63, 3.8) is 0 Å². The van der Waals surface area contributed by atoms with Gasteiger partial charge in [0, 0.05) is 11.8 Å². The molecular weight excluding hydrogens is 256 g/mol.